The van der Waals surface area contributed by atoms with Crippen molar-refractivity contribution in [2.24, 2.45) is 5.73 Å². The highest BCUT2D eigenvalue weighted by Crippen LogP contribution is 2.17. The molecule has 0 bridgehead atoms. The maximum absolute atomic E-state index is 11.6. The predicted octanol–water partition coefficient (Wildman–Crippen LogP) is 1.13. The Balaban J connectivity index is 2.35. The minimum atomic E-state index is -0.631. The van der Waals surface area contributed by atoms with E-state index in [4.69, 9.17) is 5.73 Å². The number of amides is 1. The van der Waals surface area contributed by atoms with Crippen LogP contribution in [-0.2, 0) is 9.59 Å². The SMILES string of the molecule is CCCC(N)C(=O)C(=O)NC1CCCCC1. The molecule has 16 heavy (non-hydrogen) atoms. The summed E-state index contributed by atoms with van der Waals surface area (Å²) in [7, 11) is 0. The van der Waals surface area contributed by atoms with E-state index in [-0.39, 0.29) is 6.04 Å². The van der Waals surface area contributed by atoms with E-state index in [0.29, 0.717) is 6.42 Å². The van der Waals surface area contributed by atoms with Gasteiger partial charge in [0, 0.05) is 6.04 Å². The number of ketones is 1. The third kappa shape index (κ3) is 3.93. The lowest BCUT2D eigenvalue weighted by Gasteiger charge is -2.22. The molecule has 1 amide bonds. The van der Waals surface area contributed by atoms with Gasteiger partial charge < -0.3 is 11.1 Å². The Morgan fingerprint density at radius 3 is 2.50 bits per heavy atom. The molecule has 4 nitrogen and oxygen atoms in total. The maximum Gasteiger partial charge on any atom is 0.289 e. The fraction of sp³-hybridized carbons (Fsp3) is 0.833. The van der Waals surface area contributed by atoms with Crippen LogP contribution in [0.5, 0.6) is 0 Å². The summed E-state index contributed by atoms with van der Waals surface area (Å²) in [5.74, 6) is -0.958. The van der Waals surface area contributed by atoms with Gasteiger partial charge in [-0.15, -0.1) is 0 Å². The molecule has 92 valence electrons. The van der Waals surface area contributed by atoms with E-state index in [1.165, 1.54) is 6.42 Å². The zero-order chi connectivity index (χ0) is 12.0. The fourth-order valence-corrected chi connectivity index (χ4v) is 2.11. The Bertz CT molecular complexity index is 247. The van der Waals surface area contributed by atoms with Crippen LogP contribution in [0.4, 0.5) is 0 Å². The highest BCUT2D eigenvalue weighted by atomic mass is 16.2. The van der Waals surface area contributed by atoms with E-state index >= 15 is 0 Å². The molecular weight excluding hydrogens is 204 g/mol. The molecule has 4 heteroatoms. The first-order chi connectivity index (χ1) is 7.65. The summed E-state index contributed by atoms with van der Waals surface area (Å²) in [6, 6.07) is -0.451. The second-order valence-electron chi connectivity index (χ2n) is 4.57. The molecule has 1 fully saturated rings. The summed E-state index contributed by atoms with van der Waals surface area (Å²) in [6.07, 6.45) is 6.89. The Kier molecular flexibility index (Phi) is 5.46. The number of rotatable bonds is 5. The number of carbonyl (C=O) groups is 2. The number of carbonyl (C=O) groups excluding carboxylic acids is 2. The number of hydrogen-bond acceptors (Lipinski definition) is 3. The van der Waals surface area contributed by atoms with Gasteiger partial charge >= 0.3 is 0 Å². The van der Waals surface area contributed by atoms with Crippen molar-refractivity contribution >= 4 is 11.7 Å². The zero-order valence-corrected chi connectivity index (χ0v) is 10.00. The van der Waals surface area contributed by atoms with Crippen molar-refractivity contribution in [3.63, 3.8) is 0 Å². The van der Waals surface area contributed by atoms with Crippen LogP contribution in [0.25, 0.3) is 0 Å². The lowest BCUT2D eigenvalue weighted by molar-refractivity contribution is -0.139. The Hall–Kier alpha value is -0.900. The summed E-state index contributed by atoms with van der Waals surface area (Å²) in [5.41, 5.74) is 5.62. The van der Waals surface area contributed by atoms with E-state index in [9.17, 15) is 9.59 Å². The van der Waals surface area contributed by atoms with E-state index < -0.39 is 17.7 Å². The molecule has 0 radical (unpaired) electrons. The second-order valence-corrected chi connectivity index (χ2v) is 4.57. The molecule has 1 aliphatic rings. The number of nitrogens with one attached hydrogen (secondary N) is 1. The average Bonchev–Trinajstić information content (AvgIpc) is 2.29. The van der Waals surface area contributed by atoms with Crippen LogP contribution in [-0.4, -0.2) is 23.8 Å². The lowest BCUT2D eigenvalue weighted by atomic mass is 9.95. The molecule has 0 aromatic rings. The van der Waals surface area contributed by atoms with E-state index in [0.717, 1.165) is 32.1 Å². The van der Waals surface area contributed by atoms with Gasteiger partial charge in [-0.3, -0.25) is 9.59 Å². The smallest absolute Gasteiger partial charge is 0.289 e. The average molecular weight is 226 g/mol. The molecular formula is C12H22N2O2. The van der Waals surface area contributed by atoms with Crippen molar-refractivity contribution in [3.05, 3.63) is 0 Å². The molecule has 0 aliphatic heterocycles. The van der Waals surface area contributed by atoms with E-state index in [2.05, 4.69) is 5.32 Å². The third-order valence-electron chi connectivity index (χ3n) is 3.10. The van der Waals surface area contributed by atoms with Gasteiger partial charge in [-0.05, 0) is 19.3 Å². The van der Waals surface area contributed by atoms with Gasteiger partial charge in [0.05, 0.1) is 6.04 Å². The lowest BCUT2D eigenvalue weighted by Crippen LogP contribution is -2.46. The normalized spacial score (nSPS) is 19.1. The molecule has 1 aliphatic carbocycles. The van der Waals surface area contributed by atoms with Gasteiger partial charge in [0.2, 0.25) is 5.78 Å². The molecule has 1 saturated carbocycles. The maximum atomic E-state index is 11.6. The first kappa shape index (κ1) is 13.2. The highest BCUT2D eigenvalue weighted by molar-refractivity contribution is 6.38. The molecule has 0 aromatic carbocycles. The Labute approximate surface area is 97.0 Å². The largest absolute Gasteiger partial charge is 0.347 e. The summed E-state index contributed by atoms with van der Waals surface area (Å²) < 4.78 is 0. The topological polar surface area (TPSA) is 72.2 Å². The van der Waals surface area contributed by atoms with Crippen molar-refractivity contribution in [3.8, 4) is 0 Å². The van der Waals surface area contributed by atoms with E-state index in [1.807, 2.05) is 6.92 Å². The van der Waals surface area contributed by atoms with Crippen LogP contribution in [0, 0.1) is 0 Å². The molecule has 1 atom stereocenters. The number of nitrogens with two attached hydrogens (primary N) is 1. The Morgan fingerprint density at radius 1 is 1.31 bits per heavy atom. The summed E-state index contributed by atoms with van der Waals surface area (Å²) in [5, 5.41) is 2.79. The van der Waals surface area contributed by atoms with Crippen LogP contribution < -0.4 is 11.1 Å². The van der Waals surface area contributed by atoms with Gasteiger partial charge in [0.25, 0.3) is 5.91 Å². The van der Waals surface area contributed by atoms with Crippen molar-refractivity contribution in [2.45, 2.75) is 64.0 Å². The summed E-state index contributed by atoms with van der Waals surface area (Å²) >= 11 is 0. The minimum Gasteiger partial charge on any atom is -0.347 e. The van der Waals surface area contributed by atoms with Crippen LogP contribution in [0.3, 0.4) is 0 Å². The first-order valence-corrected chi connectivity index (χ1v) is 6.25. The van der Waals surface area contributed by atoms with Crippen molar-refractivity contribution in [1.29, 1.82) is 0 Å². The Morgan fingerprint density at radius 2 is 1.94 bits per heavy atom. The summed E-state index contributed by atoms with van der Waals surface area (Å²) in [6.45, 7) is 1.95. The van der Waals surface area contributed by atoms with Gasteiger partial charge in [0.15, 0.2) is 0 Å². The van der Waals surface area contributed by atoms with Gasteiger partial charge in [-0.25, -0.2) is 0 Å². The fourth-order valence-electron chi connectivity index (χ4n) is 2.11. The minimum absolute atomic E-state index is 0.180. The van der Waals surface area contributed by atoms with Gasteiger partial charge in [-0.2, -0.15) is 0 Å². The molecule has 0 saturated heterocycles. The van der Waals surface area contributed by atoms with Crippen LogP contribution in [0.15, 0.2) is 0 Å². The molecule has 0 aromatic heterocycles. The third-order valence-corrected chi connectivity index (χ3v) is 3.10. The molecule has 0 heterocycles. The second kappa shape index (κ2) is 6.63. The van der Waals surface area contributed by atoms with Gasteiger partial charge in [0.1, 0.15) is 0 Å². The number of Topliss-reactive ketones (excluding diaryl/α,β-unsaturated/α-hetero) is 1. The highest BCUT2D eigenvalue weighted by Gasteiger charge is 2.24. The molecule has 0 spiro atoms. The first-order valence-electron chi connectivity index (χ1n) is 6.25. The van der Waals surface area contributed by atoms with Crippen LogP contribution in [0.2, 0.25) is 0 Å². The van der Waals surface area contributed by atoms with Crippen molar-refractivity contribution in [2.75, 3.05) is 0 Å². The summed E-state index contributed by atoms with van der Waals surface area (Å²) in [4.78, 5) is 23.2. The van der Waals surface area contributed by atoms with E-state index in [1.54, 1.807) is 0 Å². The van der Waals surface area contributed by atoms with Crippen molar-refractivity contribution in [1.82, 2.24) is 5.32 Å². The molecule has 3 N–H and O–H groups in total. The van der Waals surface area contributed by atoms with Gasteiger partial charge in [-0.1, -0.05) is 32.6 Å². The quantitative estimate of drug-likeness (QED) is 0.690. The van der Waals surface area contributed by atoms with Crippen LogP contribution >= 0.6 is 0 Å². The monoisotopic (exact) mass is 226 g/mol. The van der Waals surface area contributed by atoms with Crippen molar-refractivity contribution < 1.29 is 9.59 Å². The van der Waals surface area contributed by atoms with Crippen LogP contribution in [0.1, 0.15) is 51.9 Å². The molecule has 1 unspecified atom stereocenters. The molecule has 1 rings (SSSR count). The standard InChI is InChI=1S/C12H22N2O2/c1-2-6-10(13)11(15)12(16)14-9-7-4-3-5-8-9/h9-10H,2-8,13H2,1H3,(H,14,16). The zero-order valence-electron chi connectivity index (χ0n) is 10.00. The number of hydrogen-bond donors (Lipinski definition) is 2. The predicted molar refractivity (Wildman–Crippen MR) is 62.9 cm³/mol.